The number of nitro benzene ring substituents is 1. The Kier molecular flexibility index (Phi) is 7.43. The molecule has 0 aliphatic heterocycles. The van der Waals surface area contributed by atoms with E-state index >= 15 is 0 Å². The molecule has 198 valence electrons. The fraction of sp³-hybridized carbons (Fsp3) is 0.250. The first-order valence-electron chi connectivity index (χ1n) is 11.5. The number of hydrogen-bond acceptors (Lipinski definition) is 9. The van der Waals surface area contributed by atoms with Crippen LogP contribution in [0.4, 0.5) is 5.69 Å². The Balaban J connectivity index is 2.07. The van der Waals surface area contributed by atoms with E-state index < -0.39 is 10.8 Å². The van der Waals surface area contributed by atoms with E-state index in [1.165, 1.54) is 54.8 Å². The molecule has 38 heavy (non-hydrogen) atoms. The highest BCUT2D eigenvalue weighted by molar-refractivity contribution is 6.18. The third-order valence-corrected chi connectivity index (χ3v) is 6.40. The van der Waals surface area contributed by atoms with Crippen molar-refractivity contribution in [1.29, 1.82) is 0 Å². The van der Waals surface area contributed by atoms with Crippen LogP contribution >= 0.6 is 0 Å². The monoisotopic (exact) mass is 521 g/mol. The van der Waals surface area contributed by atoms with Crippen LogP contribution in [-0.4, -0.2) is 53.4 Å². The molecular weight excluding hydrogens is 494 g/mol. The lowest BCUT2D eigenvalue weighted by atomic mass is 9.87. The lowest BCUT2D eigenvalue weighted by molar-refractivity contribution is -0.384. The van der Waals surface area contributed by atoms with Crippen LogP contribution in [-0.2, 0) is 0 Å². The van der Waals surface area contributed by atoms with Crippen LogP contribution in [0.2, 0.25) is 0 Å². The van der Waals surface area contributed by atoms with Gasteiger partial charge in [0, 0.05) is 34.8 Å². The molecule has 3 aromatic carbocycles. The molecule has 1 aliphatic carbocycles. The van der Waals surface area contributed by atoms with Crippen LogP contribution in [0.25, 0.3) is 6.08 Å². The summed E-state index contributed by atoms with van der Waals surface area (Å²) in [5.74, 6) is 1.23. The SMILES string of the molecule is COc1cc(C2C(=Cc3cccc([N+](=O)[O-])c3)C(=O)c3cc(OC)c(OC)c(OC)c32)cc(OC)c1OC. The predicted octanol–water partition coefficient (Wildman–Crippen LogP) is 5.06. The summed E-state index contributed by atoms with van der Waals surface area (Å²) in [6.45, 7) is 0. The van der Waals surface area contributed by atoms with Crippen molar-refractivity contribution in [3.63, 3.8) is 0 Å². The fourth-order valence-corrected chi connectivity index (χ4v) is 4.77. The van der Waals surface area contributed by atoms with Crippen molar-refractivity contribution < 1.29 is 38.1 Å². The van der Waals surface area contributed by atoms with Crippen molar-refractivity contribution in [3.05, 3.63) is 80.4 Å². The molecule has 1 aliphatic rings. The van der Waals surface area contributed by atoms with Gasteiger partial charge in [0.15, 0.2) is 28.8 Å². The zero-order valence-electron chi connectivity index (χ0n) is 21.8. The second-order valence-electron chi connectivity index (χ2n) is 8.28. The maximum atomic E-state index is 13.9. The molecule has 0 aromatic heterocycles. The zero-order valence-corrected chi connectivity index (χ0v) is 21.8. The average Bonchev–Trinajstić information content (AvgIpc) is 3.21. The van der Waals surface area contributed by atoms with Gasteiger partial charge in [0.1, 0.15) is 0 Å². The van der Waals surface area contributed by atoms with Crippen LogP contribution < -0.4 is 28.4 Å². The van der Waals surface area contributed by atoms with Gasteiger partial charge in [0.2, 0.25) is 11.5 Å². The summed E-state index contributed by atoms with van der Waals surface area (Å²) in [7, 11) is 8.95. The summed E-state index contributed by atoms with van der Waals surface area (Å²) in [5.41, 5.74) is 2.33. The van der Waals surface area contributed by atoms with Gasteiger partial charge in [0.25, 0.3) is 5.69 Å². The molecule has 0 amide bonds. The molecule has 0 spiro atoms. The van der Waals surface area contributed by atoms with Gasteiger partial charge >= 0.3 is 0 Å². The minimum absolute atomic E-state index is 0.0902. The number of Topliss-reactive ketones (excluding diaryl/α,β-unsaturated/α-hetero) is 1. The van der Waals surface area contributed by atoms with Gasteiger partial charge in [-0.3, -0.25) is 14.9 Å². The largest absolute Gasteiger partial charge is 0.493 e. The second kappa shape index (κ2) is 10.7. The normalized spacial score (nSPS) is 15.2. The van der Waals surface area contributed by atoms with Gasteiger partial charge in [-0.2, -0.15) is 0 Å². The maximum absolute atomic E-state index is 13.9. The average molecular weight is 522 g/mol. The molecule has 1 unspecified atom stereocenters. The molecule has 0 saturated heterocycles. The lowest BCUT2D eigenvalue weighted by Gasteiger charge is -2.21. The quantitative estimate of drug-likeness (QED) is 0.216. The number of benzene rings is 3. The number of non-ortho nitro benzene ring substituents is 1. The van der Waals surface area contributed by atoms with Crippen LogP contribution in [0.15, 0.2) is 48.0 Å². The van der Waals surface area contributed by atoms with Gasteiger partial charge < -0.3 is 28.4 Å². The van der Waals surface area contributed by atoms with Gasteiger partial charge in [-0.1, -0.05) is 12.1 Å². The van der Waals surface area contributed by atoms with Crippen molar-refractivity contribution in [2.75, 3.05) is 42.7 Å². The first-order chi connectivity index (χ1) is 18.3. The van der Waals surface area contributed by atoms with E-state index in [1.807, 2.05) is 0 Å². The predicted molar refractivity (Wildman–Crippen MR) is 139 cm³/mol. The number of hydrogen-bond donors (Lipinski definition) is 0. The van der Waals surface area contributed by atoms with E-state index in [4.69, 9.17) is 28.4 Å². The Morgan fingerprint density at radius 3 is 1.87 bits per heavy atom. The first-order valence-corrected chi connectivity index (χ1v) is 11.5. The number of allylic oxidation sites excluding steroid dienone is 1. The lowest BCUT2D eigenvalue weighted by Crippen LogP contribution is -2.06. The van der Waals surface area contributed by atoms with E-state index in [0.717, 1.165) is 0 Å². The smallest absolute Gasteiger partial charge is 0.270 e. The van der Waals surface area contributed by atoms with E-state index in [1.54, 1.807) is 36.4 Å². The maximum Gasteiger partial charge on any atom is 0.270 e. The van der Waals surface area contributed by atoms with E-state index in [-0.39, 0.29) is 11.5 Å². The van der Waals surface area contributed by atoms with Crippen molar-refractivity contribution in [1.82, 2.24) is 0 Å². The molecule has 0 N–H and O–H groups in total. The van der Waals surface area contributed by atoms with Crippen LogP contribution in [0.3, 0.4) is 0 Å². The molecule has 10 nitrogen and oxygen atoms in total. The first kappa shape index (κ1) is 26.3. The summed E-state index contributed by atoms with van der Waals surface area (Å²) >= 11 is 0. The highest BCUT2D eigenvalue weighted by Crippen LogP contribution is 2.55. The number of methoxy groups -OCH3 is 6. The van der Waals surface area contributed by atoms with Gasteiger partial charge in [-0.15, -0.1) is 0 Å². The van der Waals surface area contributed by atoms with Crippen molar-refractivity contribution in [2.24, 2.45) is 0 Å². The third-order valence-electron chi connectivity index (χ3n) is 6.40. The molecule has 3 aromatic rings. The molecule has 0 radical (unpaired) electrons. The van der Waals surface area contributed by atoms with Crippen LogP contribution in [0.5, 0.6) is 34.5 Å². The summed E-state index contributed by atoms with van der Waals surface area (Å²) in [6, 6.07) is 11.2. The van der Waals surface area contributed by atoms with E-state index in [2.05, 4.69) is 0 Å². The Labute approximate surface area is 219 Å². The number of nitrogens with zero attached hydrogens (tertiary/aromatic N) is 1. The molecule has 0 heterocycles. The number of carbonyl (C=O) groups excluding carboxylic acids is 1. The number of ether oxygens (including phenoxy) is 6. The van der Waals surface area contributed by atoms with Gasteiger partial charge in [-0.25, -0.2) is 0 Å². The van der Waals surface area contributed by atoms with Crippen LogP contribution in [0, 0.1) is 10.1 Å². The summed E-state index contributed by atoms with van der Waals surface area (Å²) in [4.78, 5) is 24.8. The number of fused-ring (bicyclic) bond motifs is 1. The molecule has 0 fully saturated rings. The summed E-state index contributed by atoms with van der Waals surface area (Å²) < 4.78 is 33.5. The molecule has 0 bridgehead atoms. The molecule has 4 rings (SSSR count). The zero-order chi connectivity index (χ0) is 27.6. The van der Waals surface area contributed by atoms with Crippen LogP contribution in [0.1, 0.15) is 33.0 Å². The number of ketones is 1. The van der Waals surface area contributed by atoms with Gasteiger partial charge in [-0.05, 0) is 35.4 Å². The highest BCUT2D eigenvalue weighted by Gasteiger charge is 2.41. The van der Waals surface area contributed by atoms with E-state index in [9.17, 15) is 14.9 Å². The molecule has 0 saturated carbocycles. The number of carbonyl (C=O) groups is 1. The topological polar surface area (TPSA) is 116 Å². The third kappa shape index (κ3) is 4.34. The minimum Gasteiger partial charge on any atom is -0.493 e. The second-order valence-corrected chi connectivity index (χ2v) is 8.28. The number of rotatable bonds is 9. The highest BCUT2D eigenvalue weighted by atomic mass is 16.6. The Morgan fingerprint density at radius 1 is 0.763 bits per heavy atom. The fourth-order valence-electron chi connectivity index (χ4n) is 4.77. The van der Waals surface area contributed by atoms with Crippen molar-refractivity contribution >= 4 is 17.5 Å². The standard InChI is InChI=1S/C28H27NO9/c1-33-20-12-16(13-21(34-2)26(20)36-4)23-18(11-15-8-7-9-17(10-15)29(31)32)25(30)19-14-22(35-3)27(37-5)28(38-6)24(19)23/h7-14,23H,1-6H3. The Hall–Kier alpha value is -4.73. The Bertz CT molecular complexity index is 1420. The van der Waals surface area contributed by atoms with E-state index in [0.29, 0.717) is 62.3 Å². The molecule has 1 atom stereocenters. The Morgan fingerprint density at radius 2 is 1.34 bits per heavy atom. The molecule has 10 heteroatoms. The number of nitro groups is 1. The van der Waals surface area contributed by atoms with Gasteiger partial charge in [0.05, 0.1) is 47.6 Å². The van der Waals surface area contributed by atoms with Crippen molar-refractivity contribution in [3.8, 4) is 34.5 Å². The summed E-state index contributed by atoms with van der Waals surface area (Å²) in [5, 5.41) is 11.4. The molecular formula is C28H27NO9. The van der Waals surface area contributed by atoms with Crippen molar-refractivity contribution in [2.45, 2.75) is 5.92 Å². The minimum atomic E-state index is -0.666. The summed E-state index contributed by atoms with van der Waals surface area (Å²) in [6.07, 6.45) is 1.64.